The number of nitrogens with zero attached hydrogens (tertiary/aromatic N) is 1. The minimum absolute atomic E-state index is 0.196. The summed E-state index contributed by atoms with van der Waals surface area (Å²) in [6.07, 6.45) is 2.74. The van der Waals surface area contributed by atoms with Crippen LogP contribution in [0.25, 0.3) is 0 Å². The quantitative estimate of drug-likeness (QED) is 0.780. The summed E-state index contributed by atoms with van der Waals surface area (Å²) in [6, 6.07) is 5.11. The van der Waals surface area contributed by atoms with Crippen molar-refractivity contribution in [2.75, 3.05) is 0 Å². The van der Waals surface area contributed by atoms with E-state index in [1.54, 1.807) is 19.2 Å². The molecule has 0 radical (unpaired) electrons. The summed E-state index contributed by atoms with van der Waals surface area (Å²) in [6.45, 7) is 1.73. The third kappa shape index (κ3) is 2.42. The molecule has 18 heavy (non-hydrogen) atoms. The number of hydrogen-bond donors (Lipinski definition) is 0. The van der Waals surface area contributed by atoms with E-state index in [0.717, 1.165) is 12.1 Å². The molecule has 1 heterocycles. The first-order valence-corrected chi connectivity index (χ1v) is 5.46. The van der Waals surface area contributed by atoms with E-state index in [1.165, 1.54) is 12.3 Å². The van der Waals surface area contributed by atoms with E-state index in [4.69, 9.17) is 0 Å². The maximum atomic E-state index is 13.4. The molecule has 2 rings (SSSR count). The highest BCUT2D eigenvalue weighted by atomic mass is 19.1. The monoisotopic (exact) mass is 247 g/mol. The van der Waals surface area contributed by atoms with Gasteiger partial charge in [-0.05, 0) is 30.7 Å². The van der Waals surface area contributed by atoms with E-state index in [0.29, 0.717) is 11.1 Å². The van der Waals surface area contributed by atoms with E-state index in [1.807, 2.05) is 0 Å². The van der Waals surface area contributed by atoms with Crippen molar-refractivity contribution in [2.45, 2.75) is 13.3 Å². The van der Waals surface area contributed by atoms with Crippen LogP contribution in [0.15, 0.2) is 36.7 Å². The molecule has 0 bridgehead atoms. The molecule has 1 aromatic heterocycles. The van der Waals surface area contributed by atoms with Crippen LogP contribution in [0.2, 0.25) is 0 Å². The van der Waals surface area contributed by atoms with Crippen LogP contribution in [-0.4, -0.2) is 10.8 Å². The lowest BCUT2D eigenvalue weighted by Gasteiger charge is -2.06. The Morgan fingerprint density at radius 1 is 1.22 bits per heavy atom. The smallest absolute Gasteiger partial charge is 0.167 e. The third-order valence-electron chi connectivity index (χ3n) is 2.72. The number of pyridine rings is 1. The summed E-state index contributed by atoms with van der Waals surface area (Å²) in [7, 11) is 0. The van der Waals surface area contributed by atoms with E-state index in [9.17, 15) is 13.6 Å². The normalized spacial score (nSPS) is 10.4. The highest BCUT2D eigenvalue weighted by Crippen LogP contribution is 2.16. The molecule has 4 heteroatoms. The van der Waals surface area contributed by atoms with Gasteiger partial charge in [0, 0.05) is 29.9 Å². The molecule has 0 aliphatic carbocycles. The summed E-state index contributed by atoms with van der Waals surface area (Å²) in [5.74, 6) is -1.72. The molecule has 2 aromatic rings. The summed E-state index contributed by atoms with van der Waals surface area (Å²) in [5.41, 5.74) is 0.936. The Balaban J connectivity index is 2.30. The number of aryl methyl sites for hydroxylation is 1. The fourth-order valence-corrected chi connectivity index (χ4v) is 1.74. The van der Waals surface area contributed by atoms with Gasteiger partial charge in [-0.3, -0.25) is 9.78 Å². The van der Waals surface area contributed by atoms with Crippen molar-refractivity contribution < 1.29 is 13.6 Å². The van der Waals surface area contributed by atoms with Gasteiger partial charge in [0.25, 0.3) is 0 Å². The van der Waals surface area contributed by atoms with Gasteiger partial charge in [0.15, 0.2) is 5.78 Å². The molecule has 0 aliphatic rings. The van der Waals surface area contributed by atoms with Crippen molar-refractivity contribution in [3.8, 4) is 0 Å². The predicted octanol–water partition coefficient (Wildman–Crippen LogP) is 3.09. The topological polar surface area (TPSA) is 30.0 Å². The molecule has 0 atom stereocenters. The number of halogens is 2. The SMILES string of the molecule is Cc1cnccc1C(=O)Cc1c(F)cccc1F. The number of ketones is 1. The van der Waals surface area contributed by atoms with Crippen LogP contribution in [0.5, 0.6) is 0 Å². The van der Waals surface area contributed by atoms with Crippen molar-refractivity contribution in [2.24, 2.45) is 0 Å². The number of carbonyl (C=O) groups excluding carboxylic acids is 1. The van der Waals surface area contributed by atoms with Gasteiger partial charge in [0.05, 0.1) is 0 Å². The Labute approximate surface area is 103 Å². The molecule has 0 unspecified atom stereocenters. The standard InChI is InChI=1S/C14H11F2NO/c1-9-8-17-6-5-10(9)14(18)7-11-12(15)3-2-4-13(11)16/h2-6,8H,7H2,1H3. The number of Topliss-reactive ketones (excluding diaryl/α,β-unsaturated/α-hetero) is 1. The second-order valence-corrected chi connectivity index (χ2v) is 3.99. The molecule has 1 aromatic carbocycles. The number of hydrogen-bond acceptors (Lipinski definition) is 2. The van der Waals surface area contributed by atoms with Crippen LogP contribution < -0.4 is 0 Å². The van der Waals surface area contributed by atoms with E-state index < -0.39 is 11.6 Å². The van der Waals surface area contributed by atoms with Crippen molar-refractivity contribution in [3.63, 3.8) is 0 Å². The molecule has 0 saturated heterocycles. The molecule has 0 fully saturated rings. The lowest BCUT2D eigenvalue weighted by atomic mass is 10.0. The average Bonchev–Trinajstić information content (AvgIpc) is 2.34. The summed E-state index contributed by atoms with van der Waals surface area (Å²) < 4.78 is 26.8. The maximum absolute atomic E-state index is 13.4. The van der Waals surface area contributed by atoms with Gasteiger partial charge in [0.1, 0.15) is 11.6 Å². The largest absolute Gasteiger partial charge is 0.294 e. The van der Waals surface area contributed by atoms with Gasteiger partial charge in [-0.2, -0.15) is 0 Å². The van der Waals surface area contributed by atoms with E-state index >= 15 is 0 Å². The van der Waals surface area contributed by atoms with E-state index in [-0.39, 0.29) is 17.8 Å². The van der Waals surface area contributed by atoms with Gasteiger partial charge < -0.3 is 0 Å². The fraction of sp³-hybridized carbons (Fsp3) is 0.143. The van der Waals surface area contributed by atoms with Crippen molar-refractivity contribution >= 4 is 5.78 Å². The zero-order valence-electron chi connectivity index (χ0n) is 9.78. The molecule has 0 aliphatic heterocycles. The number of carbonyl (C=O) groups is 1. The summed E-state index contributed by atoms with van der Waals surface area (Å²) in [4.78, 5) is 15.8. The first-order valence-electron chi connectivity index (χ1n) is 5.46. The average molecular weight is 247 g/mol. The zero-order valence-corrected chi connectivity index (χ0v) is 9.78. The molecule has 0 spiro atoms. The van der Waals surface area contributed by atoms with Gasteiger partial charge in [0.2, 0.25) is 0 Å². The highest BCUT2D eigenvalue weighted by molar-refractivity contribution is 5.98. The molecular formula is C14H11F2NO. The maximum Gasteiger partial charge on any atom is 0.167 e. The Kier molecular flexibility index (Phi) is 3.46. The molecule has 2 nitrogen and oxygen atoms in total. The first kappa shape index (κ1) is 12.4. The summed E-state index contributed by atoms with van der Waals surface area (Å²) in [5, 5.41) is 0. The van der Waals surface area contributed by atoms with Crippen molar-refractivity contribution in [3.05, 3.63) is 65.0 Å². The fourth-order valence-electron chi connectivity index (χ4n) is 1.74. The minimum atomic E-state index is -0.699. The molecule has 92 valence electrons. The van der Waals surface area contributed by atoms with Crippen LogP contribution in [-0.2, 0) is 6.42 Å². The van der Waals surface area contributed by atoms with Gasteiger partial charge in [-0.15, -0.1) is 0 Å². The van der Waals surface area contributed by atoms with Gasteiger partial charge in [-0.25, -0.2) is 8.78 Å². The molecular weight excluding hydrogens is 236 g/mol. The number of aromatic nitrogens is 1. The minimum Gasteiger partial charge on any atom is -0.294 e. The lowest BCUT2D eigenvalue weighted by Crippen LogP contribution is -2.09. The van der Waals surface area contributed by atoms with E-state index in [2.05, 4.69) is 4.98 Å². The third-order valence-corrected chi connectivity index (χ3v) is 2.72. The zero-order chi connectivity index (χ0) is 13.1. The second kappa shape index (κ2) is 5.04. The Bertz CT molecular complexity index is 576. The summed E-state index contributed by atoms with van der Waals surface area (Å²) >= 11 is 0. The van der Waals surface area contributed by atoms with Crippen molar-refractivity contribution in [1.29, 1.82) is 0 Å². The van der Waals surface area contributed by atoms with Crippen LogP contribution in [0, 0.1) is 18.6 Å². The van der Waals surface area contributed by atoms with Crippen LogP contribution >= 0.6 is 0 Å². The first-order chi connectivity index (χ1) is 8.59. The molecule has 0 N–H and O–H groups in total. The Morgan fingerprint density at radius 2 is 1.89 bits per heavy atom. The predicted molar refractivity (Wildman–Crippen MR) is 63.4 cm³/mol. The number of benzene rings is 1. The van der Waals surface area contributed by atoms with Gasteiger partial charge >= 0.3 is 0 Å². The van der Waals surface area contributed by atoms with Gasteiger partial charge in [-0.1, -0.05) is 6.07 Å². The number of rotatable bonds is 3. The van der Waals surface area contributed by atoms with Crippen molar-refractivity contribution in [1.82, 2.24) is 4.98 Å². The molecule has 0 saturated carbocycles. The highest BCUT2D eigenvalue weighted by Gasteiger charge is 2.15. The Morgan fingerprint density at radius 3 is 2.50 bits per heavy atom. The Hall–Kier alpha value is -2.10. The van der Waals surface area contributed by atoms with Crippen LogP contribution in [0.1, 0.15) is 21.5 Å². The lowest BCUT2D eigenvalue weighted by molar-refractivity contribution is 0.0990. The second-order valence-electron chi connectivity index (χ2n) is 3.99. The molecule has 0 amide bonds. The van der Waals surface area contributed by atoms with Crippen LogP contribution in [0.4, 0.5) is 8.78 Å². The van der Waals surface area contributed by atoms with Crippen LogP contribution in [0.3, 0.4) is 0 Å².